The van der Waals surface area contributed by atoms with Gasteiger partial charge < -0.3 is 10.2 Å². The Morgan fingerprint density at radius 1 is 1.32 bits per heavy atom. The molecule has 2 aromatic heterocycles. The third-order valence-corrected chi connectivity index (χ3v) is 4.94. The first kappa shape index (κ1) is 15.9. The van der Waals surface area contributed by atoms with Crippen LogP contribution in [0.5, 0.6) is 0 Å². The van der Waals surface area contributed by atoms with Crippen LogP contribution in [-0.2, 0) is 0 Å². The second-order valence-corrected chi connectivity index (χ2v) is 6.86. The Morgan fingerprint density at radius 2 is 2.16 bits per heavy atom. The van der Waals surface area contributed by atoms with Crippen molar-refractivity contribution in [3.8, 4) is 16.4 Å². The van der Waals surface area contributed by atoms with Crippen LogP contribution >= 0.6 is 11.3 Å². The van der Waals surface area contributed by atoms with Crippen LogP contribution in [0, 0.1) is 0 Å². The van der Waals surface area contributed by atoms with Crippen molar-refractivity contribution in [2.45, 2.75) is 13.0 Å². The summed E-state index contributed by atoms with van der Waals surface area (Å²) < 4.78 is 0. The highest BCUT2D eigenvalue weighted by Crippen LogP contribution is 2.23. The number of aromatic nitrogens is 4. The number of carbonyl (C=O) groups excluding carboxylic acids is 1. The van der Waals surface area contributed by atoms with Crippen molar-refractivity contribution in [3.63, 3.8) is 0 Å². The Hall–Kier alpha value is -2.58. The number of amides is 1. The minimum Gasteiger partial charge on any atom is -0.334 e. The van der Waals surface area contributed by atoms with Gasteiger partial charge in [-0.2, -0.15) is 9.90 Å². The summed E-state index contributed by atoms with van der Waals surface area (Å²) in [6.07, 6.45) is 1.67. The third kappa shape index (κ3) is 3.31. The van der Waals surface area contributed by atoms with Gasteiger partial charge in [0.1, 0.15) is 16.4 Å². The molecule has 0 unspecified atom stereocenters. The number of para-hydroxylation sites is 1. The quantitative estimate of drug-likeness (QED) is 0.776. The van der Waals surface area contributed by atoms with Crippen molar-refractivity contribution in [1.29, 1.82) is 0 Å². The van der Waals surface area contributed by atoms with E-state index in [4.69, 9.17) is 0 Å². The molecule has 3 heterocycles. The Balaban J connectivity index is 1.53. The molecule has 1 saturated heterocycles. The molecule has 1 aliphatic heterocycles. The van der Waals surface area contributed by atoms with Gasteiger partial charge >= 0.3 is 0 Å². The first-order valence-electron chi connectivity index (χ1n) is 8.17. The van der Waals surface area contributed by atoms with Gasteiger partial charge in [0, 0.05) is 31.1 Å². The maximum Gasteiger partial charge on any atom is 0.273 e. The van der Waals surface area contributed by atoms with E-state index in [-0.39, 0.29) is 5.91 Å². The molecule has 1 N–H and O–H groups in total. The van der Waals surface area contributed by atoms with E-state index in [0.29, 0.717) is 35.5 Å². The number of piperazine rings is 1. The summed E-state index contributed by atoms with van der Waals surface area (Å²) in [6, 6.07) is 10.0. The molecule has 0 saturated carbocycles. The molecule has 0 bridgehead atoms. The van der Waals surface area contributed by atoms with Crippen LogP contribution in [0.4, 0.5) is 0 Å². The van der Waals surface area contributed by atoms with Crippen LogP contribution in [-0.4, -0.2) is 56.5 Å². The van der Waals surface area contributed by atoms with Gasteiger partial charge in [-0.25, -0.2) is 4.98 Å². The average molecular weight is 354 g/mol. The molecule has 0 spiro atoms. The summed E-state index contributed by atoms with van der Waals surface area (Å²) in [5.74, 6) is -0.0219. The number of nitrogens with one attached hydrogen (secondary N) is 1. The van der Waals surface area contributed by atoms with Crippen LogP contribution < -0.4 is 5.32 Å². The van der Waals surface area contributed by atoms with E-state index in [0.717, 1.165) is 12.2 Å². The lowest BCUT2D eigenvalue weighted by molar-refractivity contribution is 0.0704. The molecule has 128 valence electrons. The zero-order chi connectivity index (χ0) is 17.2. The fourth-order valence-electron chi connectivity index (χ4n) is 2.82. The molecular formula is C17H18N6OS. The third-order valence-electron chi connectivity index (χ3n) is 4.08. The lowest BCUT2D eigenvalue weighted by Gasteiger charge is -2.31. The van der Waals surface area contributed by atoms with E-state index in [1.54, 1.807) is 16.4 Å². The summed E-state index contributed by atoms with van der Waals surface area (Å²) in [5.41, 5.74) is 2.03. The highest BCUT2D eigenvalue weighted by molar-refractivity contribution is 7.13. The first-order valence-corrected chi connectivity index (χ1v) is 9.05. The van der Waals surface area contributed by atoms with Gasteiger partial charge in [-0.3, -0.25) is 4.79 Å². The van der Waals surface area contributed by atoms with Crippen molar-refractivity contribution >= 4 is 17.2 Å². The van der Waals surface area contributed by atoms with Gasteiger partial charge in [-0.1, -0.05) is 18.2 Å². The van der Waals surface area contributed by atoms with Gasteiger partial charge in [0.25, 0.3) is 5.91 Å². The van der Waals surface area contributed by atoms with Crippen molar-refractivity contribution in [2.75, 3.05) is 19.6 Å². The van der Waals surface area contributed by atoms with E-state index in [1.807, 2.05) is 35.2 Å². The van der Waals surface area contributed by atoms with E-state index in [1.165, 1.54) is 11.3 Å². The van der Waals surface area contributed by atoms with Crippen molar-refractivity contribution < 1.29 is 4.79 Å². The molecule has 0 aliphatic carbocycles. The minimum atomic E-state index is -0.0219. The number of hydrogen-bond acceptors (Lipinski definition) is 6. The molecule has 4 rings (SSSR count). The van der Waals surface area contributed by atoms with E-state index >= 15 is 0 Å². The Kier molecular flexibility index (Phi) is 4.29. The highest BCUT2D eigenvalue weighted by atomic mass is 32.1. The molecule has 8 heteroatoms. The monoisotopic (exact) mass is 354 g/mol. The van der Waals surface area contributed by atoms with Crippen molar-refractivity contribution in [3.05, 3.63) is 47.6 Å². The van der Waals surface area contributed by atoms with Crippen LogP contribution in [0.1, 0.15) is 17.4 Å². The summed E-state index contributed by atoms with van der Waals surface area (Å²) in [7, 11) is 0. The van der Waals surface area contributed by atoms with Crippen LogP contribution in [0.2, 0.25) is 0 Å². The van der Waals surface area contributed by atoms with E-state index in [2.05, 4.69) is 27.4 Å². The van der Waals surface area contributed by atoms with Gasteiger partial charge in [-0.05, 0) is 19.1 Å². The SMILES string of the molecule is C[C@H]1CN(C(=O)c2csc(-c3cnn(-c4ccccc4)n3)n2)CCN1. The number of hydrogen-bond donors (Lipinski definition) is 1. The van der Waals surface area contributed by atoms with E-state index in [9.17, 15) is 4.79 Å². The summed E-state index contributed by atoms with van der Waals surface area (Å²) in [4.78, 5) is 20.5. The minimum absolute atomic E-state index is 0.0219. The molecule has 1 fully saturated rings. The summed E-state index contributed by atoms with van der Waals surface area (Å²) >= 11 is 1.41. The molecule has 1 aliphatic rings. The molecule has 3 aromatic rings. The fourth-order valence-corrected chi connectivity index (χ4v) is 3.56. The molecule has 25 heavy (non-hydrogen) atoms. The van der Waals surface area contributed by atoms with Crippen molar-refractivity contribution in [2.24, 2.45) is 0 Å². The second-order valence-electron chi connectivity index (χ2n) is 6.00. The summed E-state index contributed by atoms with van der Waals surface area (Å²) in [6.45, 7) is 4.30. The topological polar surface area (TPSA) is 75.9 Å². The number of nitrogens with zero attached hydrogens (tertiary/aromatic N) is 5. The number of carbonyl (C=O) groups is 1. The normalized spacial score (nSPS) is 17.6. The zero-order valence-corrected chi connectivity index (χ0v) is 14.6. The predicted octanol–water partition coefficient (Wildman–Crippen LogP) is 1.82. The molecule has 1 aromatic carbocycles. The van der Waals surface area contributed by atoms with Crippen LogP contribution in [0.3, 0.4) is 0 Å². The largest absolute Gasteiger partial charge is 0.334 e. The lowest BCUT2D eigenvalue weighted by Crippen LogP contribution is -2.51. The predicted molar refractivity (Wildman–Crippen MR) is 95.8 cm³/mol. The Labute approximate surface area is 149 Å². The fraction of sp³-hybridized carbons (Fsp3) is 0.294. The molecule has 1 atom stereocenters. The van der Waals surface area contributed by atoms with Crippen molar-refractivity contribution in [1.82, 2.24) is 30.2 Å². The number of thiazole rings is 1. The van der Waals surface area contributed by atoms with Gasteiger partial charge in [-0.15, -0.1) is 16.4 Å². The summed E-state index contributed by atoms with van der Waals surface area (Å²) in [5, 5.41) is 14.6. The zero-order valence-electron chi connectivity index (χ0n) is 13.8. The average Bonchev–Trinajstić information content (AvgIpc) is 3.31. The number of benzene rings is 1. The van der Waals surface area contributed by atoms with Gasteiger partial charge in [0.05, 0.1) is 11.9 Å². The lowest BCUT2D eigenvalue weighted by atomic mass is 10.2. The number of rotatable bonds is 3. The van der Waals surface area contributed by atoms with Crippen LogP contribution in [0.25, 0.3) is 16.4 Å². The van der Waals surface area contributed by atoms with Gasteiger partial charge in [0.2, 0.25) is 0 Å². The van der Waals surface area contributed by atoms with Gasteiger partial charge in [0.15, 0.2) is 0 Å². The Bertz CT molecular complexity index is 874. The van der Waals surface area contributed by atoms with Crippen LogP contribution in [0.15, 0.2) is 41.9 Å². The molecule has 0 radical (unpaired) electrons. The Morgan fingerprint density at radius 3 is 2.96 bits per heavy atom. The highest BCUT2D eigenvalue weighted by Gasteiger charge is 2.24. The first-order chi connectivity index (χ1) is 12.2. The molecule has 1 amide bonds. The second kappa shape index (κ2) is 6.73. The molecule has 7 nitrogen and oxygen atoms in total. The van der Waals surface area contributed by atoms with E-state index < -0.39 is 0 Å². The molecular weight excluding hydrogens is 336 g/mol. The maximum atomic E-state index is 12.6. The standard InChI is InChI=1S/C17H18N6OS/c1-12-10-22(8-7-18-12)17(24)15-11-25-16(20-15)14-9-19-23(21-14)13-5-3-2-4-6-13/h2-6,9,11-12,18H,7-8,10H2,1H3/t12-/m0/s1. The maximum absolute atomic E-state index is 12.6. The smallest absolute Gasteiger partial charge is 0.273 e.